The minimum atomic E-state index is 0.197. The van der Waals surface area contributed by atoms with Gasteiger partial charge in [0.1, 0.15) is 5.75 Å². The van der Waals surface area contributed by atoms with E-state index in [0.29, 0.717) is 12.0 Å². The molecule has 0 aliphatic carbocycles. The number of phenolic OH excluding ortho intramolecular Hbond substituents is 1. The van der Waals surface area contributed by atoms with Crippen molar-refractivity contribution < 1.29 is 9.90 Å². The van der Waals surface area contributed by atoms with Crippen LogP contribution in [-0.2, 0) is 4.79 Å². The quantitative estimate of drug-likeness (QED) is 0.768. The van der Waals surface area contributed by atoms with Crippen LogP contribution in [0.25, 0.3) is 16.8 Å². The van der Waals surface area contributed by atoms with Crippen LogP contribution < -0.4 is 5.32 Å². The smallest absolute Gasteiger partial charge is 0.211 e. The molecule has 0 heterocycles. The summed E-state index contributed by atoms with van der Waals surface area (Å²) in [6, 6.07) is 11.2. The molecule has 0 atom stereocenters. The molecule has 0 spiro atoms. The maximum absolute atomic E-state index is 10.1. The largest absolute Gasteiger partial charge is 0.507 e. The van der Waals surface area contributed by atoms with Gasteiger partial charge in [-0.1, -0.05) is 30.3 Å². The fourth-order valence-corrected chi connectivity index (χ4v) is 1.63. The zero-order valence-corrected chi connectivity index (χ0v) is 8.55. The summed E-state index contributed by atoms with van der Waals surface area (Å²) >= 11 is 0. The zero-order valence-electron chi connectivity index (χ0n) is 8.55. The summed E-state index contributed by atoms with van der Waals surface area (Å²) < 4.78 is 0. The van der Waals surface area contributed by atoms with Crippen molar-refractivity contribution >= 4 is 23.3 Å². The number of carbonyl (C=O) groups is 1. The molecule has 0 aliphatic rings. The monoisotopic (exact) mass is 213 g/mol. The Kier molecular flexibility index (Phi) is 2.87. The van der Waals surface area contributed by atoms with Crippen molar-refractivity contribution in [2.75, 3.05) is 0 Å². The maximum Gasteiger partial charge on any atom is 0.211 e. The molecule has 0 saturated heterocycles. The van der Waals surface area contributed by atoms with Crippen molar-refractivity contribution in [1.29, 1.82) is 0 Å². The maximum atomic E-state index is 10.1. The predicted molar refractivity (Wildman–Crippen MR) is 63.8 cm³/mol. The number of nitrogens with one attached hydrogen (secondary N) is 1. The zero-order chi connectivity index (χ0) is 11.4. The first-order valence-electron chi connectivity index (χ1n) is 4.90. The van der Waals surface area contributed by atoms with E-state index in [1.54, 1.807) is 12.1 Å². The third-order valence-electron chi connectivity index (χ3n) is 2.36. The fourth-order valence-electron chi connectivity index (χ4n) is 1.63. The van der Waals surface area contributed by atoms with Gasteiger partial charge in [-0.05, 0) is 22.9 Å². The molecule has 2 rings (SSSR count). The third-order valence-corrected chi connectivity index (χ3v) is 2.36. The molecule has 2 aromatic rings. The van der Waals surface area contributed by atoms with Crippen LogP contribution in [0.15, 0.2) is 42.6 Å². The molecule has 3 heteroatoms. The Labute approximate surface area is 93.0 Å². The van der Waals surface area contributed by atoms with Crippen LogP contribution in [0.2, 0.25) is 0 Å². The molecule has 80 valence electrons. The number of rotatable bonds is 3. The second-order valence-corrected chi connectivity index (χ2v) is 3.34. The highest BCUT2D eigenvalue weighted by atomic mass is 16.3. The van der Waals surface area contributed by atoms with E-state index in [2.05, 4.69) is 5.32 Å². The molecular formula is C13H11NO2. The van der Waals surface area contributed by atoms with Gasteiger partial charge in [0.15, 0.2) is 0 Å². The lowest BCUT2D eigenvalue weighted by Gasteiger charge is -2.04. The van der Waals surface area contributed by atoms with Crippen molar-refractivity contribution in [2.45, 2.75) is 0 Å². The van der Waals surface area contributed by atoms with E-state index in [9.17, 15) is 9.90 Å². The average Bonchev–Trinajstić information content (AvgIpc) is 2.32. The van der Waals surface area contributed by atoms with Gasteiger partial charge in [-0.15, -0.1) is 0 Å². The van der Waals surface area contributed by atoms with Gasteiger partial charge in [-0.2, -0.15) is 0 Å². The van der Waals surface area contributed by atoms with Gasteiger partial charge in [-0.25, -0.2) is 0 Å². The number of benzene rings is 2. The van der Waals surface area contributed by atoms with Gasteiger partial charge in [0.25, 0.3) is 0 Å². The first-order chi connectivity index (χ1) is 7.83. The van der Waals surface area contributed by atoms with Crippen LogP contribution in [-0.4, -0.2) is 11.5 Å². The Balaban J connectivity index is 2.56. The number of carbonyl (C=O) groups excluding carboxylic acids is 1. The van der Waals surface area contributed by atoms with Crippen molar-refractivity contribution in [2.24, 2.45) is 0 Å². The lowest BCUT2D eigenvalue weighted by Crippen LogP contribution is -1.98. The molecule has 2 N–H and O–H groups in total. The van der Waals surface area contributed by atoms with E-state index in [0.717, 1.165) is 10.8 Å². The molecule has 1 amide bonds. The van der Waals surface area contributed by atoms with Crippen LogP contribution in [0.5, 0.6) is 5.75 Å². The van der Waals surface area contributed by atoms with Gasteiger partial charge in [0.2, 0.25) is 6.41 Å². The molecule has 0 radical (unpaired) electrons. The highest BCUT2D eigenvalue weighted by molar-refractivity contribution is 5.93. The summed E-state index contributed by atoms with van der Waals surface area (Å²) in [6.07, 6.45) is 3.75. The first kappa shape index (κ1) is 10.2. The van der Waals surface area contributed by atoms with Crippen LogP contribution in [0.4, 0.5) is 0 Å². The number of fused-ring (bicyclic) bond motifs is 1. The molecular weight excluding hydrogens is 202 g/mol. The number of phenols is 1. The summed E-state index contributed by atoms with van der Waals surface area (Å²) in [6.45, 7) is 0. The van der Waals surface area contributed by atoms with E-state index in [1.807, 2.05) is 30.3 Å². The van der Waals surface area contributed by atoms with Crippen molar-refractivity contribution in [1.82, 2.24) is 5.32 Å². The first-order valence-corrected chi connectivity index (χ1v) is 4.90. The highest BCUT2D eigenvalue weighted by Gasteiger charge is 2.02. The van der Waals surface area contributed by atoms with Gasteiger partial charge < -0.3 is 10.4 Å². The molecule has 0 fully saturated rings. The highest BCUT2D eigenvalue weighted by Crippen LogP contribution is 2.27. The van der Waals surface area contributed by atoms with E-state index in [4.69, 9.17) is 0 Å². The summed E-state index contributed by atoms with van der Waals surface area (Å²) in [5, 5.41) is 14.2. The molecule has 0 aromatic heterocycles. The molecule has 0 aliphatic heterocycles. The van der Waals surface area contributed by atoms with Gasteiger partial charge in [-0.3, -0.25) is 4.79 Å². The van der Waals surface area contributed by atoms with Gasteiger partial charge in [0.05, 0.1) is 0 Å². The summed E-state index contributed by atoms with van der Waals surface area (Å²) in [7, 11) is 0. The third kappa shape index (κ3) is 1.88. The number of hydrogen-bond donors (Lipinski definition) is 2. The minimum absolute atomic E-state index is 0.197. The molecule has 0 unspecified atom stereocenters. The van der Waals surface area contributed by atoms with E-state index >= 15 is 0 Å². The summed E-state index contributed by atoms with van der Waals surface area (Å²) in [5.74, 6) is 0.197. The standard InChI is InChI=1S/C13H11NO2/c15-9-14-8-7-12-11-4-2-1-3-10(11)5-6-13(12)16/h1-9,16H,(H,14,15). The van der Waals surface area contributed by atoms with E-state index in [1.165, 1.54) is 6.20 Å². The Morgan fingerprint density at radius 1 is 1.12 bits per heavy atom. The van der Waals surface area contributed by atoms with Crippen LogP contribution in [0.1, 0.15) is 5.56 Å². The van der Waals surface area contributed by atoms with Crippen LogP contribution >= 0.6 is 0 Å². The number of aromatic hydroxyl groups is 1. The second-order valence-electron chi connectivity index (χ2n) is 3.34. The Morgan fingerprint density at radius 2 is 1.94 bits per heavy atom. The van der Waals surface area contributed by atoms with Crippen molar-refractivity contribution in [3.8, 4) is 5.75 Å². The van der Waals surface area contributed by atoms with E-state index < -0.39 is 0 Å². The van der Waals surface area contributed by atoms with Crippen LogP contribution in [0, 0.1) is 0 Å². The van der Waals surface area contributed by atoms with E-state index in [-0.39, 0.29) is 5.75 Å². The predicted octanol–water partition coefficient (Wildman–Crippen LogP) is 2.26. The Bertz CT molecular complexity index is 547. The molecule has 0 bridgehead atoms. The molecule has 2 aromatic carbocycles. The summed E-state index contributed by atoms with van der Waals surface area (Å²) in [5.41, 5.74) is 0.701. The average molecular weight is 213 g/mol. The lowest BCUT2D eigenvalue weighted by molar-refractivity contribution is -0.108. The molecule has 0 saturated carbocycles. The number of amides is 1. The minimum Gasteiger partial charge on any atom is -0.507 e. The Hall–Kier alpha value is -2.29. The fraction of sp³-hybridized carbons (Fsp3) is 0. The number of hydrogen-bond acceptors (Lipinski definition) is 2. The second kappa shape index (κ2) is 4.49. The van der Waals surface area contributed by atoms with Gasteiger partial charge in [0, 0.05) is 11.8 Å². The SMILES string of the molecule is O=CNC=Cc1c(O)ccc2ccccc12. The topological polar surface area (TPSA) is 49.3 Å². The van der Waals surface area contributed by atoms with Crippen LogP contribution in [0.3, 0.4) is 0 Å². The molecule has 3 nitrogen and oxygen atoms in total. The lowest BCUT2D eigenvalue weighted by atomic mass is 10.0. The Morgan fingerprint density at radius 3 is 2.75 bits per heavy atom. The molecule has 16 heavy (non-hydrogen) atoms. The van der Waals surface area contributed by atoms with Crippen molar-refractivity contribution in [3.63, 3.8) is 0 Å². The van der Waals surface area contributed by atoms with Crippen molar-refractivity contribution in [3.05, 3.63) is 48.2 Å². The van der Waals surface area contributed by atoms with Gasteiger partial charge >= 0.3 is 0 Å². The normalized spacial score (nSPS) is 10.8. The summed E-state index contributed by atoms with van der Waals surface area (Å²) in [4.78, 5) is 10.1.